The summed E-state index contributed by atoms with van der Waals surface area (Å²) in [5.41, 5.74) is 0.232. The molecule has 0 radical (unpaired) electrons. The quantitative estimate of drug-likeness (QED) is 0.756. The van der Waals surface area contributed by atoms with Gasteiger partial charge < -0.3 is 19.6 Å². The summed E-state index contributed by atoms with van der Waals surface area (Å²) in [4.78, 5) is 27.9. The van der Waals surface area contributed by atoms with Crippen molar-refractivity contribution in [2.75, 3.05) is 38.0 Å². The molecule has 1 saturated heterocycles. The molecular weight excluding hydrogens is 339 g/mol. The minimum Gasteiger partial charge on any atom is -0.363 e. The Bertz CT molecular complexity index is 745. The number of hydrogen-bond acceptors (Lipinski definition) is 4. The second kappa shape index (κ2) is 8.57. The fourth-order valence-electron chi connectivity index (χ4n) is 3.11. The number of anilines is 1. The van der Waals surface area contributed by atoms with E-state index in [0.29, 0.717) is 12.4 Å². The molecule has 8 heteroatoms. The van der Waals surface area contributed by atoms with Crippen molar-refractivity contribution in [1.29, 1.82) is 0 Å². The Balaban J connectivity index is 1.67. The van der Waals surface area contributed by atoms with Crippen LogP contribution in [0.2, 0.25) is 0 Å². The topological polar surface area (TPSA) is 79.9 Å². The molecule has 2 aromatic rings. The Morgan fingerprint density at radius 2 is 2.08 bits per heavy atom. The van der Waals surface area contributed by atoms with Crippen molar-refractivity contribution in [2.24, 2.45) is 0 Å². The molecule has 2 N–H and O–H groups in total. The van der Waals surface area contributed by atoms with Crippen LogP contribution in [0.3, 0.4) is 0 Å². The Labute approximate surface area is 150 Å². The van der Waals surface area contributed by atoms with Crippen molar-refractivity contribution in [3.63, 3.8) is 0 Å². The number of nitrogens with zero attached hydrogens (tertiary/aromatic N) is 2. The molecule has 26 heavy (non-hydrogen) atoms. The molecule has 1 aromatic carbocycles. The first kappa shape index (κ1) is 18.1. The van der Waals surface area contributed by atoms with Crippen molar-refractivity contribution < 1.29 is 23.4 Å². The zero-order chi connectivity index (χ0) is 18.4. The van der Waals surface area contributed by atoms with Gasteiger partial charge in [0.25, 0.3) is 5.91 Å². The molecule has 0 spiro atoms. The molecule has 0 bridgehead atoms. The number of aromatic nitrogens is 1. The van der Waals surface area contributed by atoms with Crippen LogP contribution in [-0.2, 0) is 4.79 Å². The fourth-order valence-corrected chi connectivity index (χ4v) is 3.11. The third-order valence-electron chi connectivity index (χ3n) is 4.44. The average Bonchev–Trinajstić information content (AvgIpc) is 3.31. The lowest BCUT2D eigenvalue weighted by Crippen LogP contribution is -3.10. The van der Waals surface area contributed by atoms with E-state index in [1.54, 1.807) is 6.07 Å². The third kappa shape index (κ3) is 4.89. The number of amides is 2. The molecule has 7 nitrogen and oxygen atoms in total. The summed E-state index contributed by atoms with van der Waals surface area (Å²) in [7, 11) is 0. The maximum absolute atomic E-state index is 13.5. The van der Waals surface area contributed by atoms with Gasteiger partial charge in [-0.2, -0.15) is 0 Å². The monoisotopic (exact) mass is 361 g/mol. The van der Waals surface area contributed by atoms with Gasteiger partial charge in [-0.15, -0.1) is 0 Å². The fraction of sp³-hybridized carbons (Fsp3) is 0.389. The Morgan fingerprint density at radius 3 is 2.77 bits per heavy atom. The van der Waals surface area contributed by atoms with Crippen molar-refractivity contribution in [1.82, 2.24) is 10.1 Å². The van der Waals surface area contributed by atoms with Gasteiger partial charge in [-0.3, -0.25) is 9.59 Å². The Morgan fingerprint density at radius 1 is 1.27 bits per heavy atom. The normalized spacial score (nSPS) is 14.3. The van der Waals surface area contributed by atoms with Crippen LogP contribution in [0, 0.1) is 5.82 Å². The zero-order valence-electron chi connectivity index (χ0n) is 14.4. The Kier molecular flexibility index (Phi) is 5.96. The highest BCUT2D eigenvalue weighted by Gasteiger charge is 2.23. The second-order valence-electron chi connectivity index (χ2n) is 6.38. The van der Waals surface area contributed by atoms with Crippen LogP contribution in [0.4, 0.5) is 10.2 Å². The largest absolute Gasteiger partial charge is 0.363 e. The molecule has 3 rings (SSSR count). The van der Waals surface area contributed by atoms with Crippen molar-refractivity contribution in [2.45, 2.75) is 12.8 Å². The minimum atomic E-state index is -0.479. The summed E-state index contributed by atoms with van der Waals surface area (Å²) < 4.78 is 18.1. The first-order valence-corrected chi connectivity index (χ1v) is 8.70. The summed E-state index contributed by atoms with van der Waals surface area (Å²) in [6.07, 6.45) is 3.71. The van der Waals surface area contributed by atoms with Gasteiger partial charge >= 0.3 is 0 Å². The van der Waals surface area contributed by atoms with E-state index in [1.165, 1.54) is 53.2 Å². The summed E-state index contributed by atoms with van der Waals surface area (Å²) >= 11 is 0. The molecule has 0 unspecified atom stereocenters. The maximum atomic E-state index is 13.5. The van der Waals surface area contributed by atoms with Gasteiger partial charge in [0.05, 0.1) is 26.2 Å². The number of carbonyl (C=O) groups excluding carboxylic acids is 2. The number of hydrogen-bond donors (Lipinski definition) is 2. The lowest BCUT2D eigenvalue weighted by atomic mass is 10.2. The lowest BCUT2D eigenvalue weighted by Gasteiger charge is -2.23. The molecule has 2 heterocycles. The Hall–Kier alpha value is -2.74. The number of halogens is 1. The molecule has 1 aliphatic heterocycles. The SMILES string of the molecule is O=C(CN(CC[NH+]1CCCC1)C(=O)c1cccc(F)c1)Nc1ccon1. The van der Waals surface area contributed by atoms with E-state index < -0.39 is 5.82 Å². The number of quaternary nitrogens is 1. The summed E-state index contributed by atoms with van der Waals surface area (Å²) in [6.45, 7) is 3.21. The van der Waals surface area contributed by atoms with E-state index >= 15 is 0 Å². The van der Waals surface area contributed by atoms with Crippen LogP contribution in [0.1, 0.15) is 23.2 Å². The first-order valence-electron chi connectivity index (χ1n) is 8.70. The van der Waals surface area contributed by atoms with Crippen LogP contribution in [0.15, 0.2) is 41.1 Å². The summed E-state index contributed by atoms with van der Waals surface area (Å²) in [5.74, 6) is -0.926. The van der Waals surface area contributed by atoms with Crippen LogP contribution >= 0.6 is 0 Å². The van der Waals surface area contributed by atoms with E-state index in [4.69, 9.17) is 0 Å². The molecule has 2 amide bonds. The minimum absolute atomic E-state index is 0.129. The van der Waals surface area contributed by atoms with E-state index in [0.717, 1.165) is 19.6 Å². The average molecular weight is 361 g/mol. The standard InChI is InChI=1S/C18H21FN4O3/c19-15-5-3-4-14(12-15)18(25)23(10-9-22-7-1-2-8-22)13-17(24)20-16-6-11-26-21-16/h3-6,11-12H,1-2,7-10,13H2,(H,20,21,24)/p+1. The zero-order valence-corrected chi connectivity index (χ0v) is 14.4. The summed E-state index contributed by atoms with van der Waals surface area (Å²) in [5, 5.41) is 6.20. The summed E-state index contributed by atoms with van der Waals surface area (Å²) in [6, 6.07) is 7.03. The first-order chi connectivity index (χ1) is 12.6. The van der Waals surface area contributed by atoms with Crippen LogP contribution in [-0.4, -0.2) is 54.6 Å². The molecular formula is C18H22FN4O3+. The number of rotatable bonds is 7. The predicted octanol–water partition coefficient (Wildman–Crippen LogP) is 0.573. The molecule has 138 valence electrons. The highest BCUT2D eigenvalue weighted by atomic mass is 19.1. The lowest BCUT2D eigenvalue weighted by molar-refractivity contribution is -0.886. The van der Waals surface area contributed by atoms with Gasteiger partial charge in [0.15, 0.2) is 5.82 Å². The highest BCUT2D eigenvalue weighted by Crippen LogP contribution is 2.08. The van der Waals surface area contributed by atoms with Gasteiger partial charge in [-0.25, -0.2) is 4.39 Å². The molecule has 0 aliphatic carbocycles. The van der Waals surface area contributed by atoms with Crippen molar-refractivity contribution in [3.8, 4) is 0 Å². The smallest absolute Gasteiger partial charge is 0.254 e. The van der Waals surface area contributed by atoms with Gasteiger partial charge in [-0.1, -0.05) is 11.2 Å². The molecule has 0 saturated carbocycles. The van der Waals surface area contributed by atoms with Gasteiger partial charge in [-0.05, 0) is 18.2 Å². The predicted molar refractivity (Wildman–Crippen MR) is 92.2 cm³/mol. The second-order valence-corrected chi connectivity index (χ2v) is 6.38. The van der Waals surface area contributed by atoms with Crippen LogP contribution in [0.5, 0.6) is 0 Å². The van der Waals surface area contributed by atoms with Gasteiger partial charge in [0.1, 0.15) is 18.6 Å². The number of carbonyl (C=O) groups is 2. The van der Waals surface area contributed by atoms with Crippen molar-refractivity contribution >= 4 is 17.6 Å². The molecule has 1 fully saturated rings. The molecule has 1 aliphatic rings. The maximum Gasteiger partial charge on any atom is 0.254 e. The van der Waals surface area contributed by atoms with Gasteiger partial charge in [0.2, 0.25) is 5.91 Å². The van der Waals surface area contributed by atoms with Crippen molar-refractivity contribution in [3.05, 3.63) is 48.0 Å². The van der Waals surface area contributed by atoms with E-state index in [-0.39, 0.29) is 23.9 Å². The van der Waals surface area contributed by atoms with E-state index in [1.807, 2.05) is 0 Å². The van der Waals surface area contributed by atoms with E-state index in [9.17, 15) is 14.0 Å². The highest BCUT2D eigenvalue weighted by molar-refractivity contribution is 5.99. The number of likely N-dealkylation sites (tertiary alicyclic amines) is 1. The van der Waals surface area contributed by atoms with Gasteiger partial charge in [0, 0.05) is 24.5 Å². The van der Waals surface area contributed by atoms with E-state index in [2.05, 4.69) is 15.0 Å². The third-order valence-corrected chi connectivity index (χ3v) is 4.44. The number of nitrogens with one attached hydrogen (secondary N) is 2. The molecule has 0 atom stereocenters. The molecule has 1 aromatic heterocycles. The number of benzene rings is 1. The van der Waals surface area contributed by atoms with Crippen LogP contribution in [0.25, 0.3) is 0 Å². The van der Waals surface area contributed by atoms with Crippen LogP contribution < -0.4 is 10.2 Å².